The topological polar surface area (TPSA) is 131 Å². The van der Waals surface area contributed by atoms with Crippen LogP contribution in [0.3, 0.4) is 0 Å². The molecule has 0 aromatic heterocycles. The predicted octanol–water partition coefficient (Wildman–Crippen LogP) is 9.94. The van der Waals surface area contributed by atoms with Gasteiger partial charge in [-0.2, -0.15) is 0 Å². The molecule has 0 radical (unpaired) electrons. The molecule has 0 aliphatic heterocycles. The van der Waals surface area contributed by atoms with Gasteiger partial charge in [-0.05, 0) is 70.6 Å². The maximum atomic E-state index is 12.7. The quantitative estimate of drug-likeness (QED) is 0.0300. The van der Waals surface area contributed by atoms with E-state index in [0.717, 1.165) is 70.6 Å². The molecule has 1 amide bonds. The first-order valence-corrected chi connectivity index (χ1v) is 20.4. The number of nitrogens with two attached hydrogens (primary N) is 1. The van der Waals surface area contributed by atoms with Crippen LogP contribution in [0.1, 0.15) is 149 Å². The fourth-order valence-corrected chi connectivity index (χ4v) is 5.64. The van der Waals surface area contributed by atoms with Gasteiger partial charge in [0.25, 0.3) is 0 Å². The first-order chi connectivity index (χ1) is 23.4. The number of nitrogens with one attached hydrogen (secondary N) is 1. The summed E-state index contributed by atoms with van der Waals surface area (Å²) < 4.78 is 22.0. The molecular weight excluding hydrogens is 623 g/mol. The maximum Gasteiger partial charge on any atom is 0.472 e. The number of amides is 1. The van der Waals surface area contributed by atoms with Gasteiger partial charge in [-0.15, -0.1) is 0 Å². The maximum absolute atomic E-state index is 12.7. The molecule has 9 heteroatoms. The van der Waals surface area contributed by atoms with Crippen molar-refractivity contribution in [3.8, 4) is 0 Å². The Balaban J connectivity index is 4.45. The van der Waals surface area contributed by atoms with Crippen molar-refractivity contribution in [2.45, 2.75) is 161 Å². The highest BCUT2D eigenvalue weighted by Gasteiger charge is 2.26. The van der Waals surface area contributed by atoms with Crippen LogP contribution in [0.25, 0.3) is 0 Å². The van der Waals surface area contributed by atoms with Gasteiger partial charge < -0.3 is 21.1 Å². The number of carbonyl (C=O) groups excluding carboxylic acids is 1. The molecule has 0 bridgehead atoms. The number of carbonyl (C=O) groups is 1. The van der Waals surface area contributed by atoms with Gasteiger partial charge in [-0.1, -0.05) is 132 Å². The van der Waals surface area contributed by atoms with E-state index in [-0.39, 0.29) is 25.7 Å². The van der Waals surface area contributed by atoms with Crippen molar-refractivity contribution in [2.75, 3.05) is 19.8 Å². The zero-order valence-electron chi connectivity index (χ0n) is 30.5. The summed E-state index contributed by atoms with van der Waals surface area (Å²) in [6.07, 6.45) is 42.6. The number of rotatable bonds is 34. The van der Waals surface area contributed by atoms with Crippen molar-refractivity contribution >= 4 is 13.7 Å². The summed E-state index contributed by atoms with van der Waals surface area (Å²) in [5.41, 5.74) is 5.35. The molecule has 0 rings (SSSR count). The van der Waals surface area contributed by atoms with E-state index in [9.17, 15) is 19.4 Å². The molecule has 0 aromatic rings. The van der Waals surface area contributed by atoms with Crippen LogP contribution in [0.15, 0.2) is 60.8 Å². The lowest BCUT2D eigenvalue weighted by molar-refractivity contribution is -0.123. The fraction of sp³-hybridized carbons (Fsp3) is 0.718. The SMILES string of the molecule is CCCC/C=C\C/C=C\CCCCCCCC(=O)NC(COP(=O)(O)OCCN)C(O)/C=C/CC/C=C/CC/C=C/CCCCCCC. The standard InChI is InChI=1S/C39H71N2O6P/c1-3-5-7-9-11-13-15-17-19-20-22-24-26-28-30-32-38(42)37(36-47-48(44,45)46-35-34-40)41-39(43)33-31-29-27-25-23-21-18-16-14-12-10-8-6-4-2/h10,12,15-18,22,24,30,32,37-38,42H,3-9,11,13-14,19-21,23,25-29,31,33-36,40H2,1-2H3,(H,41,43)(H,44,45)/b12-10-,17-15+,18-16-,24-22+,32-30+. The van der Waals surface area contributed by atoms with E-state index in [0.29, 0.717) is 6.42 Å². The van der Waals surface area contributed by atoms with E-state index in [2.05, 4.69) is 67.8 Å². The molecule has 0 saturated carbocycles. The van der Waals surface area contributed by atoms with Crippen LogP contribution in [0.2, 0.25) is 0 Å². The van der Waals surface area contributed by atoms with Crippen molar-refractivity contribution in [2.24, 2.45) is 5.73 Å². The van der Waals surface area contributed by atoms with Crippen LogP contribution < -0.4 is 11.1 Å². The number of phosphoric acid groups is 1. The van der Waals surface area contributed by atoms with Crippen LogP contribution in [-0.4, -0.2) is 47.8 Å². The number of aliphatic hydroxyl groups excluding tert-OH is 1. The lowest BCUT2D eigenvalue weighted by Gasteiger charge is -2.23. The average Bonchev–Trinajstić information content (AvgIpc) is 3.07. The van der Waals surface area contributed by atoms with Crippen molar-refractivity contribution in [1.29, 1.82) is 0 Å². The van der Waals surface area contributed by atoms with Gasteiger partial charge in [0.15, 0.2) is 0 Å². The number of hydrogen-bond donors (Lipinski definition) is 4. The molecule has 0 spiro atoms. The van der Waals surface area contributed by atoms with Gasteiger partial charge in [-0.25, -0.2) is 4.57 Å². The molecule has 0 aliphatic carbocycles. The zero-order valence-corrected chi connectivity index (χ0v) is 31.3. The second-order valence-electron chi connectivity index (χ2n) is 12.4. The zero-order chi connectivity index (χ0) is 35.4. The molecule has 0 aromatic carbocycles. The van der Waals surface area contributed by atoms with Crippen molar-refractivity contribution in [3.63, 3.8) is 0 Å². The van der Waals surface area contributed by atoms with Gasteiger partial charge in [0.1, 0.15) is 0 Å². The number of unbranched alkanes of at least 4 members (excludes halogenated alkanes) is 14. The molecule has 3 unspecified atom stereocenters. The Morgan fingerprint density at radius 2 is 1.19 bits per heavy atom. The van der Waals surface area contributed by atoms with Crippen LogP contribution >= 0.6 is 7.82 Å². The van der Waals surface area contributed by atoms with Crippen LogP contribution in [0, 0.1) is 0 Å². The van der Waals surface area contributed by atoms with E-state index in [4.69, 9.17) is 14.8 Å². The van der Waals surface area contributed by atoms with E-state index >= 15 is 0 Å². The molecule has 48 heavy (non-hydrogen) atoms. The summed E-state index contributed by atoms with van der Waals surface area (Å²) >= 11 is 0. The first kappa shape index (κ1) is 46.2. The summed E-state index contributed by atoms with van der Waals surface area (Å²) in [4.78, 5) is 22.6. The Labute approximate surface area is 294 Å². The van der Waals surface area contributed by atoms with Gasteiger partial charge in [0.2, 0.25) is 5.91 Å². The van der Waals surface area contributed by atoms with Gasteiger partial charge in [0, 0.05) is 13.0 Å². The number of aliphatic hydroxyl groups is 1. The predicted molar refractivity (Wildman–Crippen MR) is 203 cm³/mol. The Hall–Kier alpha value is -1.80. The Morgan fingerprint density at radius 3 is 1.79 bits per heavy atom. The number of hydrogen-bond acceptors (Lipinski definition) is 6. The van der Waals surface area contributed by atoms with E-state index < -0.39 is 20.0 Å². The molecule has 0 saturated heterocycles. The summed E-state index contributed by atoms with van der Waals surface area (Å²) in [5.74, 6) is -0.227. The highest BCUT2D eigenvalue weighted by molar-refractivity contribution is 7.47. The highest BCUT2D eigenvalue weighted by Crippen LogP contribution is 2.43. The molecule has 5 N–H and O–H groups in total. The summed E-state index contributed by atoms with van der Waals surface area (Å²) in [6.45, 7) is 4.01. The van der Waals surface area contributed by atoms with Crippen molar-refractivity contribution < 1.29 is 28.4 Å². The van der Waals surface area contributed by atoms with Crippen LogP contribution in [0.4, 0.5) is 0 Å². The summed E-state index contributed by atoms with van der Waals surface area (Å²) in [7, 11) is -4.35. The van der Waals surface area contributed by atoms with Gasteiger partial charge in [0.05, 0.1) is 25.4 Å². The third-order valence-electron chi connectivity index (χ3n) is 7.79. The molecule has 0 fully saturated rings. The summed E-state index contributed by atoms with van der Waals surface area (Å²) in [5, 5.41) is 13.6. The van der Waals surface area contributed by atoms with Gasteiger partial charge in [-0.3, -0.25) is 13.8 Å². The second-order valence-corrected chi connectivity index (χ2v) is 13.9. The average molecular weight is 695 g/mol. The number of allylic oxidation sites excluding steroid dienone is 9. The molecule has 3 atom stereocenters. The van der Waals surface area contributed by atoms with Gasteiger partial charge >= 0.3 is 7.82 Å². The molecule has 278 valence electrons. The Kier molecular flexibility index (Phi) is 33.7. The van der Waals surface area contributed by atoms with Crippen LogP contribution in [0.5, 0.6) is 0 Å². The normalized spacial score (nSPS) is 15.0. The minimum absolute atomic E-state index is 0.0667. The molecule has 0 aliphatic rings. The third-order valence-corrected chi connectivity index (χ3v) is 8.78. The highest BCUT2D eigenvalue weighted by atomic mass is 31.2. The smallest absolute Gasteiger partial charge is 0.387 e. The minimum atomic E-state index is -4.35. The third kappa shape index (κ3) is 32.7. The van der Waals surface area contributed by atoms with E-state index in [1.807, 2.05) is 6.08 Å². The largest absolute Gasteiger partial charge is 0.472 e. The Morgan fingerprint density at radius 1 is 0.688 bits per heavy atom. The molecule has 0 heterocycles. The lowest BCUT2D eigenvalue weighted by atomic mass is 10.1. The lowest BCUT2D eigenvalue weighted by Crippen LogP contribution is -2.45. The van der Waals surface area contributed by atoms with Crippen molar-refractivity contribution in [3.05, 3.63) is 60.8 Å². The van der Waals surface area contributed by atoms with Crippen molar-refractivity contribution in [1.82, 2.24) is 5.32 Å². The minimum Gasteiger partial charge on any atom is -0.387 e. The first-order valence-electron chi connectivity index (χ1n) is 18.9. The monoisotopic (exact) mass is 695 g/mol. The second kappa shape index (κ2) is 35.0. The summed E-state index contributed by atoms with van der Waals surface area (Å²) in [6, 6.07) is -0.891. The molecular formula is C39H71N2O6P. The fourth-order valence-electron chi connectivity index (χ4n) is 4.88. The van der Waals surface area contributed by atoms with Crippen LogP contribution in [-0.2, 0) is 18.4 Å². The molecule has 8 nitrogen and oxygen atoms in total. The number of phosphoric ester groups is 1. The Bertz CT molecular complexity index is 933. The van der Waals surface area contributed by atoms with E-state index in [1.54, 1.807) is 6.08 Å². The van der Waals surface area contributed by atoms with E-state index in [1.165, 1.54) is 57.8 Å².